The molecule has 2 atom stereocenters. The molecule has 2 aliphatic rings. The van der Waals surface area contributed by atoms with E-state index in [0.29, 0.717) is 22.9 Å². The van der Waals surface area contributed by atoms with Crippen LogP contribution in [0.2, 0.25) is 0 Å². The van der Waals surface area contributed by atoms with Gasteiger partial charge in [0.25, 0.3) is 0 Å². The van der Waals surface area contributed by atoms with Crippen LogP contribution in [0.1, 0.15) is 48.1 Å². The lowest BCUT2D eigenvalue weighted by atomic mass is 10.1. The predicted octanol–water partition coefficient (Wildman–Crippen LogP) is 3.96. The molecule has 0 amide bonds. The topological polar surface area (TPSA) is 26.0 Å². The lowest BCUT2D eigenvalue weighted by molar-refractivity contribution is -0.148. The molecule has 94 valence electrons. The molecule has 0 N–H and O–H groups in total. The van der Waals surface area contributed by atoms with Crippen LogP contribution in [0.3, 0.4) is 0 Å². The highest BCUT2D eigenvalue weighted by Crippen LogP contribution is 2.57. The van der Waals surface area contributed by atoms with Gasteiger partial charge in [-0.25, -0.2) is 0 Å². The Kier molecular flexibility index (Phi) is 2.44. The zero-order valence-electron chi connectivity index (χ0n) is 8.93. The zero-order chi connectivity index (χ0) is 12.2. The fourth-order valence-corrected chi connectivity index (χ4v) is 2.55. The Bertz CT molecular complexity index is 438. The van der Waals surface area contributed by atoms with E-state index >= 15 is 0 Å². The van der Waals surface area contributed by atoms with Gasteiger partial charge in [0, 0.05) is 17.4 Å². The summed E-state index contributed by atoms with van der Waals surface area (Å²) in [6, 6.07) is 0. The lowest BCUT2D eigenvalue weighted by Crippen LogP contribution is -2.11. The van der Waals surface area contributed by atoms with E-state index in [-0.39, 0.29) is 12.3 Å². The summed E-state index contributed by atoms with van der Waals surface area (Å²) in [4.78, 5) is 0. The van der Waals surface area contributed by atoms with Crippen molar-refractivity contribution in [3.63, 3.8) is 0 Å². The average molecular weight is 266 g/mol. The van der Waals surface area contributed by atoms with Crippen LogP contribution in [0.4, 0.5) is 13.2 Å². The number of hydrogen-bond donors (Lipinski definition) is 0. The van der Waals surface area contributed by atoms with Gasteiger partial charge >= 0.3 is 6.18 Å². The van der Waals surface area contributed by atoms with Crippen molar-refractivity contribution in [2.75, 3.05) is 0 Å². The molecule has 1 heterocycles. The third-order valence-electron chi connectivity index (χ3n) is 3.49. The van der Waals surface area contributed by atoms with Gasteiger partial charge in [0.05, 0.1) is 17.5 Å². The van der Waals surface area contributed by atoms with Crippen molar-refractivity contribution in [3.8, 4) is 0 Å². The SMILES string of the molecule is FC(F)(F)[C@@H]1C[C@H]1c1noc(C2CC2)c1CCl. The molecule has 1 aromatic heterocycles. The van der Waals surface area contributed by atoms with Crippen molar-refractivity contribution < 1.29 is 17.7 Å². The largest absolute Gasteiger partial charge is 0.392 e. The molecular formula is C11H11ClF3NO. The Hall–Kier alpha value is -0.710. The van der Waals surface area contributed by atoms with Gasteiger partial charge in [-0.1, -0.05) is 5.16 Å². The van der Waals surface area contributed by atoms with E-state index in [1.54, 1.807) is 0 Å². The van der Waals surface area contributed by atoms with Crippen molar-refractivity contribution in [2.45, 2.75) is 43.2 Å². The van der Waals surface area contributed by atoms with E-state index in [0.717, 1.165) is 12.8 Å². The number of aromatic nitrogens is 1. The molecule has 17 heavy (non-hydrogen) atoms. The molecule has 0 radical (unpaired) electrons. The fourth-order valence-electron chi connectivity index (χ4n) is 2.29. The first-order valence-corrected chi connectivity index (χ1v) is 6.16. The highest BCUT2D eigenvalue weighted by molar-refractivity contribution is 6.17. The van der Waals surface area contributed by atoms with Crippen molar-refractivity contribution in [3.05, 3.63) is 17.0 Å². The third-order valence-corrected chi connectivity index (χ3v) is 3.76. The molecule has 0 bridgehead atoms. The van der Waals surface area contributed by atoms with Crippen LogP contribution in [0.25, 0.3) is 0 Å². The Morgan fingerprint density at radius 3 is 2.53 bits per heavy atom. The quantitative estimate of drug-likeness (QED) is 0.773. The van der Waals surface area contributed by atoms with Crippen LogP contribution < -0.4 is 0 Å². The van der Waals surface area contributed by atoms with Gasteiger partial charge in [-0.3, -0.25) is 0 Å². The summed E-state index contributed by atoms with van der Waals surface area (Å²) < 4.78 is 42.7. The molecule has 2 aliphatic carbocycles. The van der Waals surface area contributed by atoms with E-state index in [1.165, 1.54) is 0 Å². The monoisotopic (exact) mass is 265 g/mol. The van der Waals surface area contributed by atoms with Crippen LogP contribution in [0.5, 0.6) is 0 Å². The Morgan fingerprint density at radius 1 is 1.35 bits per heavy atom. The second-order valence-electron chi connectivity index (χ2n) is 4.81. The third kappa shape index (κ3) is 1.94. The van der Waals surface area contributed by atoms with Crippen LogP contribution in [-0.4, -0.2) is 11.3 Å². The standard InChI is InChI=1S/C11H11ClF3NO/c12-4-7-9(6-3-8(6)11(13,14)15)16-17-10(7)5-1-2-5/h5-6,8H,1-4H2/t6-,8-/m1/s1. The normalized spacial score (nSPS) is 28.5. The molecule has 2 nitrogen and oxygen atoms in total. The Balaban J connectivity index is 1.85. The van der Waals surface area contributed by atoms with Gasteiger partial charge < -0.3 is 4.52 Å². The first kappa shape index (κ1) is 11.4. The summed E-state index contributed by atoms with van der Waals surface area (Å²) in [5, 5.41) is 3.81. The molecule has 2 fully saturated rings. The number of hydrogen-bond acceptors (Lipinski definition) is 2. The van der Waals surface area contributed by atoms with Gasteiger partial charge in [0.2, 0.25) is 0 Å². The highest BCUT2D eigenvalue weighted by atomic mass is 35.5. The van der Waals surface area contributed by atoms with Crippen molar-refractivity contribution in [1.82, 2.24) is 5.16 Å². The van der Waals surface area contributed by atoms with Gasteiger partial charge in [0.15, 0.2) is 0 Å². The Morgan fingerprint density at radius 2 is 2.06 bits per heavy atom. The van der Waals surface area contributed by atoms with Crippen LogP contribution in [0, 0.1) is 5.92 Å². The number of halogens is 4. The minimum absolute atomic E-state index is 0.115. The van der Waals surface area contributed by atoms with Crippen LogP contribution in [0.15, 0.2) is 4.52 Å². The minimum Gasteiger partial charge on any atom is -0.360 e. The smallest absolute Gasteiger partial charge is 0.360 e. The average Bonchev–Trinajstić information content (AvgIpc) is 3.13. The second kappa shape index (κ2) is 3.64. The summed E-state index contributed by atoms with van der Waals surface area (Å²) in [6.45, 7) is 0. The van der Waals surface area contributed by atoms with Crippen molar-refractivity contribution in [1.29, 1.82) is 0 Å². The van der Waals surface area contributed by atoms with Gasteiger partial charge in [-0.05, 0) is 19.3 Å². The van der Waals surface area contributed by atoms with Crippen molar-refractivity contribution in [2.24, 2.45) is 5.92 Å². The fraction of sp³-hybridized carbons (Fsp3) is 0.727. The number of rotatable bonds is 3. The molecule has 1 aromatic rings. The molecular weight excluding hydrogens is 255 g/mol. The summed E-state index contributed by atoms with van der Waals surface area (Å²) in [6.07, 6.45) is -1.98. The summed E-state index contributed by atoms with van der Waals surface area (Å²) >= 11 is 5.80. The van der Waals surface area contributed by atoms with Gasteiger partial charge in [-0.2, -0.15) is 13.2 Å². The summed E-state index contributed by atoms with van der Waals surface area (Å²) in [5.74, 6) is -0.580. The maximum absolute atomic E-state index is 12.5. The van der Waals surface area contributed by atoms with Crippen LogP contribution >= 0.6 is 11.6 Å². The van der Waals surface area contributed by atoms with E-state index in [9.17, 15) is 13.2 Å². The Labute approximate surface area is 101 Å². The molecule has 0 unspecified atom stereocenters. The van der Waals surface area contributed by atoms with E-state index < -0.39 is 18.0 Å². The first-order chi connectivity index (χ1) is 8.02. The molecule has 0 aliphatic heterocycles. The predicted molar refractivity (Wildman–Crippen MR) is 54.9 cm³/mol. The van der Waals surface area contributed by atoms with E-state index in [2.05, 4.69) is 5.16 Å². The van der Waals surface area contributed by atoms with Crippen LogP contribution in [-0.2, 0) is 5.88 Å². The lowest BCUT2D eigenvalue weighted by Gasteiger charge is -2.04. The maximum atomic E-state index is 12.5. The summed E-state index contributed by atoms with van der Waals surface area (Å²) in [7, 11) is 0. The highest BCUT2D eigenvalue weighted by Gasteiger charge is 2.58. The maximum Gasteiger partial charge on any atom is 0.392 e. The minimum atomic E-state index is -4.13. The van der Waals surface area contributed by atoms with Crippen molar-refractivity contribution >= 4 is 11.6 Å². The molecule has 0 aromatic carbocycles. The molecule has 2 saturated carbocycles. The zero-order valence-corrected chi connectivity index (χ0v) is 9.68. The molecule has 0 spiro atoms. The molecule has 3 rings (SSSR count). The first-order valence-electron chi connectivity index (χ1n) is 5.63. The van der Waals surface area contributed by atoms with Gasteiger partial charge in [-0.15, -0.1) is 11.6 Å². The second-order valence-corrected chi connectivity index (χ2v) is 5.08. The van der Waals surface area contributed by atoms with Gasteiger partial charge in [0.1, 0.15) is 5.76 Å². The summed E-state index contributed by atoms with van der Waals surface area (Å²) in [5.41, 5.74) is 1.13. The number of alkyl halides is 4. The van der Waals surface area contributed by atoms with E-state index in [4.69, 9.17) is 16.1 Å². The molecule has 0 saturated heterocycles. The number of nitrogens with zero attached hydrogens (tertiary/aromatic N) is 1. The van der Waals surface area contributed by atoms with E-state index in [1.807, 2.05) is 0 Å². The molecule has 6 heteroatoms.